The fraction of sp³-hybridized carbons (Fsp3) is 0.769. The molecule has 0 aromatic heterocycles. The van der Waals surface area contributed by atoms with Crippen LogP contribution < -0.4 is 28.3 Å². The number of hydrogen-bond acceptors (Lipinski definition) is 13. The lowest BCUT2D eigenvalue weighted by atomic mass is 9.80. The van der Waals surface area contributed by atoms with E-state index in [-0.39, 0.29) is 19.4 Å². The Kier molecular flexibility index (Phi) is 14.2. The number of carboxylic acid groups (broad SMARTS) is 2. The molecule has 44 heavy (non-hydrogen) atoms. The predicted molar refractivity (Wildman–Crippen MR) is 151 cm³/mol. The molecule has 1 fully saturated rings. The first-order valence-corrected chi connectivity index (χ1v) is 14.0. The molecule has 13 N–H and O–H groups in total. The molecule has 3 amide bonds. The summed E-state index contributed by atoms with van der Waals surface area (Å²) in [7, 11) is 1.21. The van der Waals surface area contributed by atoms with Gasteiger partial charge in [0.15, 0.2) is 17.4 Å². The molecule has 1 heterocycles. The molecule has 0 radical (unpaired) electrons. The van der Waals surface area contributed by atoms with Gasteiger partial charge in [0.25, 0.3) is 0 Å². The number of amides is 3. The maximum Gasteiger partial charge on any atom is 0.332 e. The molecular formula is C26H46N6O12. The molecule has 0 aromatic carbocycles. The number of Topliss-reactive ketones (excluding diaryl/α,β-unsaturated/α-hetero) is 1. The van der Waals surface area contributed by atoms with Crippen molar-refractivity contribution in [3.63, 3.8) is 0 Å². The van der Waals surface area contributed by atoms with E-state index in [0.717, 1.165) is 11.8 Å². The highest BCUT2D eigenvalue weighted by atomic mass is 16.6. The van der Waals surface area contributed by atoms with Crippen LogP contribution in [0.3, 0.4) is 0 Å². The number of nitrogens with two attached hydrogens (primary N) is 4. The summed E-state index contributed by atoms with van der Waals surface area (Å²) in [6, 6.07) is -3.03. The third-order valence-corrected chi connectivity index (χ3v) is 8.05. The van der Waals surface area contributed by atoms with Crippen molar-refractivity contribution in [2.24, 2.45) is 22.9 Å². The minimum absolute atomic E-state index is 0.216. The van der Waals surface area contributed by atoms with Crippen LogP contribution in [0.25, 0.3) is 0 Å². The first-order chi connectivity index (χ1) is 20.3. The number of rotatable bonds is 18. The Hall–Kier alpha value is -3.26. The van der Waals surface area contributed by atoms with E-state index in [0.29, 0.717) is 6.42 Å². The highest BCUT2D eigenvalue weighted by Crippen LogP contribution is 2.33. The summed E-state index contributed by atoms with van der Waals surface area (Å²) in [6.07, 6.45) is -8.19. The second-order valence-electron chi connectivity index (χ2n) is 11.1. The molecule has 0 aromatic rings. The molecule has 0 aliphatic carbocycles. The number of carboxylic acids is 2. The van der Waals surface area contributed by atoms with Crippen LogP contribution in [0.4, 0.5) is 0 Å². The number of ether oxygens (including phenoxy) is 2. The zero-order valence-electron chi connectivity index (χ0n) is 25.3. The van der Waals surface area contributed by atoms with Gasteiger partial charge in [-0.2, -0.15) is 0 Å². The van der Waals surface area contributed by atoms with E-state index in [2.05, 4.69) is 5.32 Å². The van der Waals surface area contributed by atoms with Crippen molar-refractivity contribution in [3.05, 3.63) is 0 Å². The maximum absolute atomic E-state index is 13.9. The molecule has 9 atom stereocenters. The van der Waals surface area contributed by atoms with E-state index < -0.39 is 109 Å². The predicted octanol–water partition coefficient (Wildman–Crippen LogP) is -4.24. The van der Waals surface area contributed by atoms with Gasteiger partial charge < -0.3 is 63.1 Å². The van der Waals surface area contributed by atoms with Crippen molar-refractivity contribution >= 4 is 35.4 Å². The molecule has 1 aliphatic heterocycles. The van der Waals surface area contributed by atoms with E-state index in [1.54, 1.807) is 0 Å². The van der Waals surface area contributed by atoms with Crippen molar-refractivity contribution in [1.82, 2.24) is 10.2 Å². The standard InChI is InChI=1S/C26H46N6O12/c1-12(22(38)39)43-19-17(28)20(44-15(11-33)18(19)36)25(3,32(4)13(2)34)23(40)31-14(21(29)37)7-8-16(35)26(30,24(41)42)9-5-6-10-27/h12,14-15,17-20,33,36H,5-11,27-28,30H2,1-4H3,(H2,29,37)(H,31,40)(H,38,39)(H,41,42)/t12-,14-,15-,17-,18-,19-,20?,25-,26-/m1/s1. The van der Waals surface area contributed by atoms with Gasteiger partial charge in [-0.05, 0) is 46.1 Å². The fourth-order valence-corrected chi connectivity index (χ4v) is 4.90. The Morgan fingerprint density at radius 3 is 2.18 bits per heavy atom. The van der Waals surface area contributed by atoms with Gasteiger partial charge in [-0.1, -0.05) is 0 Å². The molecule has 1 aliphatic rings. The van der Waals surface area contributed by atoms with Crippen molar-refractivity contribution in [1.29, 1.82) is 0 Å². The molecule has 1 saturated heterocycles. The maximum atomic E-state index is 13.9. The van der Waals surface area contributed by atoms with Gasteiger partial charge in [0.1, 0.15) is 36.0 Å². The highest BCUT2D eigenvalue weighted by Gasteiger charge is 2.57. The SMILES string of the molecule is CC(=O)N(C)[C@@](C)(C(=O)N[C@H](CCC(=O)[C@](N)(CCCCN)C(=O)O)C(N)=O)C1O[C@H](CO)[C@@H](O)[C@H](O[C@H](C)C(=O)O)[C@H]1N. The van der Waals surface area contributed by atoms with Crippen molar-refractivity contribution in [3.8, 4) is 0 Å². The molecule has 18 heteroatoms. The molecule has 0 bridgehead atoms. The lowest BCUT2D eigenvalue weighted by Crippen LogP contribution is -2.75. The zero-order chi connectivity index (χ0) is 34.2. The van der Waals surface area contributed by atoms with Gasteiger partial charge in [0.2, 0.25) is 17.7 Å². The van der Waals surface area contributed by atoms with E-state index in [1.165, 1.54) is 20.9 Å². The summed E-state index contributed by atoms with van der Waals surface area (Å²) in [5.74, 6) is -6.74. The second kappa shape index (κ2) is 16.2. The van der Waals surface area contributed by atoms with E-state index in [9.17, 15) is 49.2 Å². The van der Waals surface area contributed by atoms with Crippen LogP contribution >= 0.6 is 0 Å². The van der Waals surface area contributed by atoms with Gasteiger partial charge in [0.05, 0.1) is 12.6 Å². The van der Waals surface area contributed by atoms with Crippen molar-refractivity contribution < 1.29 is 58.7 Å². The first kappa shape index (κ1) is 38.8. The van der Waals surface area contributed by atoms with Gasteiger partial charge in [-0.15, -0.1) is 0 Å². The third kappa shape index (κ3) is 8.68. The number of ketones is 1. The third-order valence-electron chi connectivity index (χ3n) is 8.05. The minimum atomic E-state index is -2.27. The summed E-state index contributed by atoms with van der Waals surface area (Å²) in [6.45, 7) is 2.94. The smallest absolute Gasteiger partial charge is 0.332 e. The average molecular weight is 635 g/mol. The number of aliphatic carboxylic acids is 2. The summed E-state index contributed by atoms with van der Waals surface area (Å²) >= 11 is 0. The van der Waals surface area contributed by atoms with Gasteiger partial charge in [0, 0.05) is 20.4 Å². The van der Waals surface area contributed by atoms with Crippen LogP contribution in [0.5, 0.6) is 0 Å². The lowest BCUT2D eigenvalue weighted by molar-refractivity contribution is -0.234. The number of nitrogens with one attached hydrogen (secondary N) is 1. The largest absolute Gasteiger partial charge is 0.480 e. The Morgan fingerprint density at radius 1 is 1.14 bits per heavy atom. The normalized spacial score (nSPS) is 25.9. The van der Waals surface area contributed by atoms with Crippen LogP contribution in [-0.2, 0) is 38.2 Å². The number of primary amides is 1. The van der Waals surface area contributed by atoms with Crippen LogP contribution in [0, 0.1) is 0 Å². The molecule has 18 nitrogen and oxygen atoms in total. The number of carbonyl (C=O) groups excluding carboxylic acids is 4. The monoisotopic (exact) mass is 634 g/mol. The van der Waals surface area contributed by atoms with E-state index >= 15 is 0 Å². The number of carbonyl (C=O) groups is 6. The van der Waals surface area contributed by atoms with Gasteiger partial charge in [-0.25, -0.2) is 9.59 Å². The Balaban J connectivity index is 3.40. The fourth-order valence-electron chi connectivity index (χ4n) is 4.90. The topological polar surface area (TPSA) is 321 Å². The Morgan fingerprint density at radius 2 is 1.73 bits per heavy atom. The first-order valence-electron chi connectivity index (χ1n) is 14.0. The minimum Gasteiger partial charge on any atom is -0.480 e. The quantitative estimate of drug-likeness (QED) is 0.0509. The van der Waals surface area contributed by atoms with Crippen molar-refractivity contribution in [2.45, 2.75) is 107 Å². The Bertz CT molecular complexity index is 1080. The summed E-state index contributed by atoms with van der Waals surface area (Å²) < 4.78 is 11.2. The van der Waals surface area contributed by atoms with Crippen molar-refractivity contribution in [2.75, 3.05) is 20.2 Å². The molecule has 0 saturated carbocycles. The highest BCUT2D eigenvalue weighted by molar-refractivity contribution is 6.07. The number of hydrogen-bond donors (Lipinski definition) is 9. The van der Waals surface area contributed by atoms with E-state index in [4.69, 9.17) is 32.4 Å². The summed E-state index contributed by atoms with van der Waals surface area (Å²) in [4.78, 5) is 75.8. The number of nitrogens with zero attached hydrogens (tertiary/aromatic N) is 1. The number of likely N-dealkylation sites (N-methyl/N-ethyl adjacent to an activating group) is 1. The number of aliphatic hydroxyl groups excluding tert-OH is 2. The average Bonchev–Trinajstić information content (AvgIpc) is 2.95. The Labute approximate surface area is 254 Å². The van der Waals surface area contributed by atoms with Crippen LogP contribution in [0.15, 0.2) is 0 Å². The molecule has 1 rings (SSSR count). The van der Waals surface area contributed by atoms with Crippen LogP contribution in [0.1, 0.15) is 52.9 Å². The molecule has 1 unspecified atom stereocenters. The molecular weight excluding hydrogens is 588 g/mol. The van der Waals surface area contributed by atoms with Gasteiger partial charge >= 0.3 is 11.9 Å². The van der Waals surface area contributed by atoms with E-state index in [1.807, 2.05) is 0 Å². The summed E-state index contributed by atoms with van der Waals surface area (Å²) in [5, 5.41) is 41.8. The number of aliphatic hydroxyl groups is 2. The lowest BCUT2D eigenvalue weighted by Gasteiger charge is -2.51. The molecule has 252 valence electrons. The second-order valence-corrected chi connectivity index (χ2v) is 11.1. The zero-order valence-corrected chi connectivity index (χ0v) is 25.3. The number of unbranched alkanes of at least 4 members (excludes halogenated alkanes) is 1. The van der Waals surface area contributed by atoms with Crippen LogP contribution in [0.2, 0.25) is 0 Å². The van der Waals surface area contributed by atoms with Crippen LogP contribution in [-0.4, -0.2) is 135 Å². The van der Waals surface area contributed by atoms with Gasteiger partial charge in [-0.3, -0.25) is 19.2 Å². The molecule has 0 spiro atoms. The summed E-state index contributed by atoms with van der Waals surface area (Å²) in [5.41, 5.74) is 18.8.